The molecule has 0 aromatic heterocycles. The lowest BCUT2D eigenvalue weighted by Crippen LogP contribution is -2.13. The van der Waals surface area contributed by atoms with Crippen LogP contribution in [0.15, 0.2) is 18.2 Å². The van der Waals surface area contributed by atoms with Gasteiger partial charge in [0, 0.05) is 31.1 Å². The summed E-state index contributed by atoms with van der Waals surface area (Å²) in [4.78, 5) is 13.7. The van der Waals surface area contributed by atoms with Crippen LogP contribution in [0.25, 0.3) is 0 Å². The number of nitrogens with zero attached hydrogens (tertiary/aromatic N) is 1. The molecular weight excluding hydrogens is 224 g/mol. The highest BCUT2D eigenvalue weighted by atomic mass is 35.5. The molecule has 1 aliphatic heterocycles. The number of hydrogen-bond donors (Lipinski definition) is 1. The van der Waals surface area contributed by atoms with E-state index in [1.54, 1.807) is 0 Å². The maximum Gasteiger partial charge on any atom is 0.225 e. The number of rotatable bonds is 3. The quantitative estimate of drug-likeness (QED) is 0.819. The Morgan fingerprint density at radius 2 is 2.31 bits per heavy atom. The molecule has 1 aliphatic rings. The zero-order chi connectivity index (χ0) is 11.5. The number of anilines is 1. The van der Waals surface area contributed by atoms with Gasteiger partial charge in [-0.25, -0.2) is 0 Å². The topological polar surface area (TPSA) is 32.3 Å². The molecule has 0 atom stereocenters. The Morgan fingerprint density at radius 1 is 1.50 bits per heavy atom. The predicted octanol–water partition coefficient (Wildman–Crippen LogP) is 2.20. The van der Waals surface area contributed by atoms with Crippen molar-refractivity contribution in [3.05, 3.63) is 29.3 Å². The summed E-state index contributed by atoms with van der Waals surface area (Å²) in [5.74, 6) is 0.346. The lowest BCUT2D eigenvalue weighted by molar-refractivity contribution is -0.115. The van der Waals surface area contributed by atoms with E-state index in [0.717, 1.165) is 18.8 Å². The van der Waals surface area contributed by atoms with E-state index in [1.807, 2.05) is 12.1 Å². The van der Waals surface area contributed by atoms with Crippen LogP contribution >= 0.6 is 11.6 Å². The minimum Gasteiger partial charge on any atom is -0.326 e. The fourth-order valence-electron chi connectivity index (χ4n) is 2.00. The van der Waals surface area contributed by atoms with Crippen molar-refractivity contribution in [3.63, 3.8) is 0 Å². The van der Waals surface area contributed by atoms with Gasteiger partial charge >= 0.3 is 0 Å². The highest BCUT2D eigenvalue weighted by molar-refractivity contribution is 6.19. The Hall–Kier alpha value is -1.06. The summed E-state index contributed by atoms with van der Waals surface area (Å²) in [6, 6.07) is 6.04. The molecule has 1 aromatic rings. The van der Waals surface area contributed by atoms with E-state index in [9.17, 15) is 4.79 Å². The predicted molar refractivity (Wildman–Crippen MR) is 65.6 cm³/mol. The van der Waals surface area contributed by atoms with Crippen LogP contribution in [0.5, 0.6) is 0 Å². The molecule has 0 fully saturated rings. The fourth-order valence-corrected chi connectivity index (χ4v) is 2.17. The largest absolute Gasteiger partial charge is 0.326 e. The second-order valence-corrected chi connectivity index (χ2v) is 4.48. The molecule has 0 saturated heterocycles. The number of nitrogens with one attached hydrogen (secondary N) is 1. The molecule has 2 rings (SSSR count). The van der Waals surface area contributed by atoms with Crippen LogP contribution in [0.3, 0.4) is 0 Å². The third kappa shape index (κ3) is 2.36. The van der Waals surface area contributed by atoms with Gasteiger partial charge in [0.1, 0.15) is 0 Å². The molecule has 16 heavy (non-hydrogen) atoms. The first-order chi connectivity index (χ1) is 7.70. The van der Waals surface area contributed by atoms with E-state index in [0.29, 0.717) is 12.3 Å². The number of hydrogen-bond acceptors (Lipinski definition) is 2. The highest BCUT2D eigenvalue weighted by Gasteiger charge is 2.19. The van der Waals surface area contributed by atoms with Gasteiger partial charge in [-0.3, -0.25) is 9.69 Å². The van der Waals surface area contributed by atoms with Crippen LogP contribution in [0.1, 0.15) is 17.5 Å². The van der Waals surface area contributed by atoms with Gasteiger partial charge in [-0.1, -0.05) is 12.1 Å². The SMILES string of the molecule is CN1Cc2cccc(NC(=O)CCCl)c2C1. The molecule has 0 bridgehead atoms. The van der Waals surface area contributed by atoms with Crippen LogP contribution in [0, 0.1) is 0 Å². The van der Waals surface area contributed by atoms with E-state index in [4.69, 9.17) is 11.6 Å². The van der Waals surface area contributed by atoms with Gasteiger partial charge in [-0.15, -0.1) is 11.6 Å². The van der Waals surface area contributed by atoms with Crippen molar-refractivity contribution in [2.24, 2.45) is 0 Å². The van der Waals surface area contributed by atoms with E-state index in [-0.39, 0.29) is 5.91 Å². The molecule has 0 saturated carbocycles. The van der Waals surface area contributed by atoms with Crippen molar-refractivity contribution in [2.75, 3.05) is 18.2 Å². The molecule has 3 nitrogen and oxygen atoms in total. The number of carbonyl (C=O) groups is 1. The lowest BCUT2D eigenvalue weighted by atomic mass is 10.1. The van der Waals surface area contributed by atoms with Gasteiger partial charge in [0.15, 0.2) is 0 Å². The molecule has 1 N–H and O–H groups in total. The summed E-state index contributed by atoms with van der Waals surface area (Å²) in [5, 5.41) is 2.91. The average molecular weight is 239 g/mol. The summed E-state index contributed by atoms with van der Waals surface area (Å²) in [6.07, 6.45) is 0.362. The average Bonchev–Trinajstić information content (AvgIpc) is 2.60. The van der Waals surface area contributed by atoms with Crippen molar-refractivity contribution in [1.82, 2.24) is 4.90 Å². The molecule has 1 heterocycles. The van der Waals surface area contributed by atoms with E-state index in [1.165, 1.54) is 11.1 Å². The molecule has 0 spiro atoms. The van der Waals surface area contributed by atoms with Gasteiger partial charge in [0.25, 0.3) is 0 Å². The molecule has 1 amide bonds. The highest BCUT2D eigenvalue weighted by Crippen LogP contribution is 2.28. The van der Waals surface area contributed by atoms with Crippen LogP contribution in [-0.2, 0) is 17.9 Å². The van der Waals surface area contributed by atoms with Gasteiger partial charge in [-0.05, 0) is 24.2 Å². The smallest absolute Gasteiger partial charge is 0.225 e. The van der Waals surface area contributed by atoms with Gasteiger partial charge in [0.05, 0.1) is 0 Å². The molecular formula is C12H15ClN2O. The van der Waals surface area contributed by atoms with Crippen molar-refractivity contribution < 1.29 is 4.79 Å². The summed E-state index contributed by atoms with van der Waals surface area (Å²) in [7, 11) is 2.07. The van der Waals surface area contributed by atoms with Crippen molar-refractivity contribution in [1.29, 1.82) is 0 Å². The molecule has 1 aromatic carbocycles. The minimum absolute atomic E-state index is 0.0158. The first-order valence-electron chi connectivity index (χ1n) is 5.36. The second-order valence-electron chi connectivity index (χ2n) is 4.10. The van der Waals surface area contributed by atoms with E-state index < -0.39 is 0 Å². The van der Waals surface area contributed by atoms with Gasteiger partial charge in [-0.2, -0.15) is 0 Å². The summed E-state index contributed by atoms with van der Waals surface area (Å²) >= 11 is 5.53. The summed E-state index contributed by atoms with van der Waals surface area (Å²) in [6.45, 7) is 1.85. The number of carbonyl (C=O) groups excluding carboxylic acids is 1. The zero-order valence-electron chi connectivity index (χ0n) is 9.29. The van der Waals surface area contributed by atoms with Crippen molar-refractivity contribution in [2.45, 2.75) is 19.5 Å². The number of halogens is 1. The van der Waals surface area contributed by atoms with E-state index in [2.05, 4.69) is 23.3 Å². The van der Waals surface area contributed by atoms with Crippen LogP contribution in [0.4, 0.5) is 5.69 Å². The monoisotopic (exact) mass is 238 g/mol. The van der Waals surface area contributed by atoms with Crippen LogP contribution in [0.2, 0.25) is 0 Å². The zero-order valence-corrected chi connectivity index (χ0v) is 10.0. The van der Waals surface area contributed by atoms with Gasteiger partial charge in [0.2, 0.25) is 5.91 Å². The Balaban J connectivity index is 2.17. The van der Waals surface area contributed by atoms with Crippen molar-refractivity contribution >= 4 is 23.2 Å². The van der Waals surface area contributed by atoms with Crippen LogP contribution < -0.4 is 5.32 Å². The third-order valence-corrected chi connectivity index (χ3v) is 2.93. The normalized spacial score (nSPS) is 14.9. The maximum absolute atomic E-state index is 11.5. The van der Waals surface area contributed by atoms with E-state index >= 15 is 0 Å². The fraction of sp³-hybridized carbons (Fsp3) is 0.417. The first-order valence-corrected chi connectivity index (χ1v) is 5.89. The molecule has 86 valence electrons. The standard InChI is InChI=1S/C12H15ClN2O/c1-15-7-9-3-2-4-11(10(9)8-15)14-12(16)5-6-13/h2-4H,5-8H2,1H3,(H,14,16). The third-order valence-electron chi connectivity index (χ3n) is 2.74. The number of alkyl halides is 1. The number of benzene rings is 1. The van der Waals surface area contributed by atoms with Gasteiger partial charge < -0.3 is 5.32 Å². The first kappa shape index (κ1) is 11.4. The van der Waals surface area contributed by atoms with Crippen LogP contribution in [-0.4, -0.2) is 23.7 Å². The Bertz CT molecular complexity index is 406. The van der Waals surface area contributed by atoms with Crippen molar-refractivity contribution in [3.8, 4) is 0 Å². The molecule has 4 heteroatoms. The number of fused-ring (bicyclic) bond motifs is 1. The molecule has 0 unspecified atom stereocenters. The molecule has 0 radical (unpaired) electrons. The minimum atomic E-state index is -0.0158. The number of amides is 1. The Kier molecular flexibility index (Phi) is 3.46. The Labute approximate surface area is 100 Å². The summed E-state index contributed by atoms with van der Waals surface area (Å²) < 4.78 is 0. The second kappa shape index (κ2) is 4.85. The maximum atomic E-state index is 11.5. The lowest BCUT2D eigenvalue weighted by Gasteiger charge is -2.09. The Morgan fingerprint density at radius 3 is 3.06 bits per heavy atom. The summed E-state index contributed by atoms with van der Waals surface area (Å²) in [5.41, 5.74) is 3.45. The molecule has 0 aliphatic carbocycles.